The van der Waals surface area contributed by atoms with Crippen molar-refractivity contribution in [3.8, 4) is 0 Å². The van der Waals surface area contributed by atoms with Crippen LogP contribution in [0.25, 0.3) is 0 Å². The van der Waals surface area contributed by atoms with E-state index in [9.17, 15) is 8.42 Å². The predicted octanol–water partition coefficient (Wildman–Crippen LogP) is 2.51. The number of hydrogen-bond acceptors (Lipinski definition) is 3. The van der Waals surface area contributed by atoms with Crippen molar-refractivity contribution in [3.63, 3.8) is 0 Å². The maximum absolute atomic E-state index is 11.6. The van der Waals surface area contributed by atoms with E-state index in [1.165, 1.54) is 11.1 Å². The Morgan fingerprint density at radius 1 is 1.44 bits per heavy atom. The first-order valence-electron chi connectivity index (χ1n) is 6.05. The first-order chi connectivity index (χ1) is 8.43. The first kappa shape index (κ1) is 13.9. The van der Waals surface area contributed by atoms with Crippen LogP contribution in [0.4, 0.5) is 5.69 Å². The highest BCUT2D eigenvalue weighted by Gasteiger charge is 2.28. The largest absolute Gasteiger partial charge is 0.367 e. The van der Waals surface area contributed by atoms with Crippen LogP contribution in [0.3, 0.4) is 0 Å². The molecule has 2 rings (SSSR count). The second-order valence-electron chi connectivity index (χ2n) is 4.91. The third-order valence-electron chi connectivity index (χ3n) is 3.40. The second-order valence-corrected chi connectivity index (χ2v) is 7.70. The van der Waals surface area contributed by atoms with Gasteiger partial charge in [0.2, 0.25) is 0 Å². The van der Waals surface area contributed by atoms with E-state index >= 15 is 0 Å². The zero-order valence-corrected chi connectivity index (χ0v) is 13.1. The van der Waals surface area contributed by atoms with E-state index in [4.69, 9.17) is 0 Å². The lowest BCUT2D eigenvalue weighted by molar-refractivity contribution is 0.568. The van der Waals surface area contributed by atoms with Gasteiger partial charge in [0.1, 0.15) is 0 Å². The SMILES string of the molecule is Cc1cc(CBr)ccc1N1CCS(=O)(=O)CC1C. The molecule has 1 fully saturated rings. The molecule has 1 aromatic rings. The van der Waals surface area contributed by atoms with Gasteiger partial charge in [0, 0.05) is 23.6 Å². The first-order valence-corrected chi connectivity index (χ1v) is 9.00. The summed E-state index contributed by atoms with van der Waals surface area (Å²) in [6, 6.07) is 6.39. The van der Waals surface area contributed by atoms with Crippen molar-refractivity contribution >= 4 is 31.5 Å². The molecule has 0 aliphatic carbocycles. The normalized spacial score (nSPS) is 23.1. The van der Waals surface area contributed by atoms with Crippen LogP contribution in [0.2, 0.25) is 0 Å². The van der Waals surface area contributed by atoms with Gasteiger partial charge in [0.05, 0.1) is 11.5 Å². The minimum absolute atomic E-state index is 0.0530. The Hall–Kier alpha value is -0.550. The van der Waals surface area contributed by atoms with Crippen molar-refractivity contribution in [2.24, 2.45) is 0 Å². The maximum Gasteiger partial charge on any atom is 0.154 e. The zero-order chi connectivity index (χ0) is 13.3. The molecule has 0 N–H and O–H groups in total. The van der Waals surface area contributed by atoms with Gasteiger partial charge in [-0.2, -0.15) is 0 Å². The standard InChI is InChI=1S/C13H18BrNO2S/c1-10-7-12(8-14)3-4-13(10)15-5-6-18(16,17)9-11(15)2/h3-4,7,11H,5-6,8-9H2,1-2H3. The molecule has 5 heteroatoms. The molecule has 0 amide bonds. The number of sulfone groups is 1. The van der Waals surface area contributed by atoms with Crippen LogP contribution in [-0.2, 0) is 15.2 Å². The summed E-state index contributed by atoms with van der Waals surface area (Å²) >= 11 is 3.45. The molecular weight excluding hydrogens is 314 g/mol. The number of hydrogen-bond donors (Lipinski definition) is 0. The topological polar surface area (TPSA) is 37.4 Å². The van der Waals surface area contributed by atoms with Crippen molar-refractivity contribution < 1.29 is 8.42 Å². The highest BCUT2D eigenvalue weighted by Crippen LogP contribution is 2.26. The summed E-state index contributed by atoms with van der Waals surface area (Å²) in [4.78, 5) is 2.20. The maximum atomic E-state index is 11.6. The van der Waals surface area contributed by atoms with Crippen molar-refractivity contribution in [3.05, 3.63) is 29.3 Å². The summed E-state index contributed by atoms with van der Waals surface area (Å²) in [6.45, 7) is 4.66. The van der Waals surface area contributed by atoms with E-state index in [1.807, 2.05) is 6.92 Å². The molecule has 3 nitrogen and oxygen atoms in total. The van der Waals surface area contributed by atoms with Gasteiger partial charge in [-0.15, -0.1) is 0 Å². The molecule has 1 aliphatic rings. The molecule has 1 heterocycles. The Kier molecular flexibility index (Phi) is 4.02. The van der Waals surface area contributed by atoms with E-state index < -0.39 is 9.84 Å². The van der Waals surface area contributed by atoms with E-state index in [0.717, 1.165) is 11.0 Å². The van der Waals surface area contributed by atoms with Crippen LogP contribution < -0.4 is 4.90 Å². The number of nitrogens with zero attached hydrogens (tertiary/aromatic N) is 1. The molecule has 0 spiro atoms. The number of rotatable bonds is 2. The van der Waals surface area contributed by atoms with E-state index in [-0.39, 0.29) is 17.5 Å². The van der Waals surface area contributed by atoms with Crippen LogP contribution in [0.5, 0.6) is 0 Å². The van der Waals surface area contributed by atoms with Crippen molar-refractivity contribution in [2.45, 2.75) is 25.2 Å². The van der Waals surface area contributed by atoms with Gasteiger partial charge in [0.15, 0.2) is 9.84 Å². The molecule has 1 unspecified atom stereocenters. The van der Waals surface area contributed by atoms with E-state index in [0.29, 0.717) is 6.54 Å². The van der Waals surface area contributed by atoms with Crippen molar-refractivity contribution in [1.29, 1.82) is 0 Å². The van der Waals surface area contributed by atoms with Crippen molar-refractivity contribution in [1.82, 2.24) is 0 Å². The average molecular weight is 332 g/mol. The number of halogens is 1. The monoisotopic (exact) mass is 331 g/mol. The molecule has 0 aromatic heterocycles. The summed E-state index contributed by atoms with van der Waals surface area (Å²) in [5, 5.41) is 0.845. The molecule has 18 heavy (non-hydrogen) atoms. The van der Waals surface area contributed by atoms with Crippen LogP contribution >= 0.6 is 15.9 Å². The Balaban J connectivity index is 2.27. The number of alkyl halides is 1. The van der Waals surface area contributed by atoms with Gasteiger partial charge in [0.25, 0.3) is 0 Å². The number of aryl methyl sites for hydroxylation is 1. The molecule has 0 radical (unpaired) electrons. The molecule has 1 aromatic carbocycles. The van der Waals surface area contributed by atoms with Gasteiger partial charge < -0.3 is 4.90 Å². The van der Waals surface area contributed by atoms with Gasteiger partial charge in [-0.25, -0.2) is 8.42 Å². The van der Waals surface area contributed by atoms with Gasteiger partial charge >= 0.3 is 0 Å². The predicted molar refractivity (Wildman–Crippen MR) is 79.3 cm³/mol. The van der Waals surface area contributed by atoms with E-state index in [2.05, 4.69) is 46.0 Å². The van der Waals surface area contributed by atoms with Gasteiger partial charge in [-0.1, -0.05) is 28.1 Å². The molecule has 1 aliphatic heterocycles. The summed E-state index contributed by atoms with van der Waals surface area (Å²) in [6.07, 6.45) is 0. The van der Waals surface area contributed by atoms with Gasteiger partial charge in [-0.3, -0.25) is 0 Å². The lowest BCUT2D eigenvalue weighted by atomic mass is 10.1. The highest BCUT2D eigenvalue weighted by atomic mass is 79.9. The average Bonchev–Trinajstić information content (AvgIpc) is 2.29. The highest BCUT2D eigenvalue weighted by molar-refractivity contribution is 9.08. The Morgan fingerprint density at radius 2 is 2.17 bits per heavy atom. The summed E-state index contributed by atoms with van der Waals surface area (Å²) in [5.41, 5.74) is 3.61. The minimum Gasteiger partial charge on any atom is -0.367 e. The lowest BCUT2D eigenvalue weighted by Crippen LogP contribution is -2.47. The zero-order valence-electron chi connectivity index (χ0n) is 10.7. The fourth-order valence-electron chi connectivity index (χ4n) is 2.48. The van der Waals surface area contributed by atoms with Crippen LogP contribution in [0.15, 0.2) is 18.2 Å². The Labute approximate surface area is 117 Å². The molecule has 1 atom stereocenters. The fraction of sp³-hybridized carbons (Fsp3) is 0.538. The fourth-order valence-corrected chi connectivity index (χ4v) is 4.38. The quantitative estimate of drug-likeness (QED) is 0.781. The smallest absolute Gasteiger partial charge is 0.154 e. The van der Waals surface area contributed by atoms with Crippen molar-refractivity contribution in [2.75, 3.05) is 23.0 Å². The third kappa shape index (κ3) is 2.88. The molecule has 0 bridgehead atoms. The Bertz CT molecular complexity index is 542. The Morgan fingerprint density at radius 3 is 2.72 bits per heavy atom. The van der Waals surface area contributed by atoms with Gasteiger partial charge in [-0.05, 0) is 31.0 Å². The molecule has 0 saturated carbocycles. The minimum atomic E-state index is -2.85. The summed E-state index contributed by atoms with van der Waals surface area (Å²) in [7, 11) is -2.85. The summed E-state index contributed by atoms with van der Waals surface area (Å²) < 4.78 is 23.2. The lowest BCUT2D eigenvalue weighted by Gasteiger charge is -2.36. The van der Waals surface area contributed by atoms with Crippen LogP contribution in [0.1, 0.15) is 18.1 Å². The second kappa shape index (κ2) is 5.21. The summed E-state index contributed by atoms with van der Waals surface area (Å²) in [5.74, 6) is 0.517. The third-order valence-corrected chi connectivity index (χ3v) is 5.84. The van der Waals surface area contributed by atoms with Crippen LogP contribution in [-0.4, -0.2) is 32.5 Å². The van der Waals surface area contributed by atoms with Crippen LogP contribution in [0, 0.1) is 6.92 Å². The molecule has 100 valence electrons. The molecule has 1 saturated heterocycles. The van der Waals surface area contributed by atoms with E-state index in [1.54, 1.807) is 0 Å². The number of benzene rings is 1. The molecular formula is C13H18BrNO2S. The number of anilines is 1.